The summed E-state index contributed by atoms with van der Waals surface area (Å²) in [5.41, 5.74) is 0.842. The van der Waals surface area contributed by atoms with E-state index in [4.69, 9.17) is 9.15 Å². The van der Waals surface area contributed by atoms with Gasteiger partial charge in [0, 0.05) is 11.8 Å². The Morgan fingerprint density at radius 2 is 2.29 bits per heavy atom. The van der Waals surface area contributed by atoms with Gasteiger partial charge in [-0.25, -0.2) is 14.8 Å². The standard InChI is InChI=1S/C17H21N3O4/c1-2-23-17(22)13-10-24-16(20-13)11-7-8-18-15(9-11)19-12-5-3-4-6-14(12)21/h7-10,12,14,21H,2-6H2,1H3,(H,18,19)/t12-,14+/m1/s1. The van der Waals surface area contributed by atoms with Crippen molar-refractivity contribution in [1.82, 2.24) is 9.97 Å². The molecule has 3 rings (SSSR count). The summed E-state index contributed by atoms with van der Waals surface area (Å²) in [6, 6.07) is 3.55. The van der Waals surface area contributed by atoms with Crippen LogP contribution in [0.3, 0.4) is 0 Å². The number of ether oxygens (including phenoxy) is 1. The molecule has 7 heteroatoms. The van der Waals surface area contributed by atoms with E-state index in [2.05, 4.69) is 15.3 Å². The number of rotatable bonds is 5. The second-order valence-electron chi connectivity index (χ2n) is 5.79. The maximum Gasteiger partial charge on any atom is 0.360 e. The Hall–Kier alpha value is -2.41. The van der Waals surface area contributed by atoms with Gasteiger partial charge in [-0.15, -0.1) is 0 Å². The van der Waals surface area contributed by atoms with E-state index in [0.717, 1.165) is 25.7 Å². The summed E-state index contributed by atoms with van der Waals surface area (Å²) in [5.74, 6) is 0.465. The number of nitrogens with zero attached hydrogens (tertiary/aromatic N) is 2. The maximum atomic E-state index is 11.7. The van der Waals surface area contributed by atoms with Crippen molar-refractivity contribution < 1.29 is 19.1 Å². The number of aliphatic hydroxyl groups excluding tert-OH is 1. The molecule has 0 radical (unpaired) electrons. The zero-order valence-electron chi connectivity index (χ0n) is 13.6. The molecule has 1 aliphatic rings. The van der Waals surface area contributed by atoms with E-state index in [1.54, 1.807) is 25.3 Å². The number of carbonyl (C=O) groups is 1. The number of anilines is 1. The quantitative estimate of drug-likeness (QED) is 0.813. The van der Waals surface area contributed by atoms with Gasteiger partial charge in [0.25, 0.3) is 0 Å². The van der Waals surface area contributed by atoms with Crippen LogP contribution in [-0.2, 0) is 4.74 Å². The van der Waals surface area contributed by atoms with E-state index >= 15 is 0 Å². The fourth-order valence-corrected chi connectivity index (χ4v) is 2.82. The molecule has 0 bridgehead atoms. The summed E-state index contributed by atoms with van der Waals surface area (Å²) in [4.78, 5) is 20.1. The average molecular weight is 331 g/mol. The molecule has 0 saturated heterocycles. The minimum Gasteiger partial charge on any atom is -0.461 e. The third kappa shape index (κ3) is 3.73. The molecule has 128 valence electrons. The number of pyridine rings is 1. The highest BCUT2D eigenvalue weighted by Gasteiger charge is 2.23. The van der Waals surface area contributed by atoms with Crippen molar-refractivity contribution >= 4 is 11.8 Å². The first-order valence-electron chi connectivity index (χ1n) is 8.21. The van der Waals surface area contributed by atoms with Crippen LogP contribution in [-0.4, -0.2) is 39.8 Å². The van der Waals surface area contributed by atoms with Crippen molar-refractivity contribution in [2.75, 3.05) is 11.9 Å². The van der Waals surface area contributed by atoms with Gasteiger partial charge < -0.3 is 19.6 Å². The normalized spacial score (nSPS) is 20.6. The molecule has 2 atom stereocenters. The minimum atomic E-state index is -0.509. The fourth-order valence-electron chi connectivity index (χ4n) is 2.82. The lowest BCUT2D eigenvalue weighted by atomic mass is 9.92. The number of oxazole rings is 1. The molecule has 2 aromatic rings. The fraction of sp³-hybridized carbons (Fsp3) is 0.471. The van der Waals surface area contributed by atoms with Gasteiger partial charge in [-0.3, -0.25) is 0 Å². The summed E-state index contributed by atoms with van der Waals surface area (Å²) >= 11 is 0. The molecule has 0 aromatic carbocycles. The van der Waals surface area contributed by atoms with Gasteiger partial charge in [0.1, 0.15) is 12.1 Å². The molecule has 1 saturated carbocycles. The van der Waals surface area contributed by atoms with Crippen LogP contribution in [0, 0.1) is 0 Å². The van der Waals surface area contributed by atoms with Gasteiger partial charge >= 0.3 is 5.97 Å². The molecule has 1 fully saturated rings. The third-order valence-electron chi connectivity index (χ3n) is 4.06. The van der Waals surface area contributed by atoms with Crippen LogP contribution in [0.15, 0.2) is 29.0 Å². The molecular weight excluding hydrogens is 310 g/mol. The molecule has 1 aliphatic carbocycles. The van der Waals surface area contributed by atoms with Crippen LogP contribution in [0.25, 0.3) is 11.5 Å². The van der Waals surface area contributed by atoms with Crippen LogP contribution in [0.5, 0.6) is 0 Å². The molecular formula is C17H21N3O4. The van der Waals surface area contributed by atoms with Crippen molar-refractivity contribution in [3.63, 3.8) is 0 Å². The zero-order chi connectivity index (χ0) is 16.9. The first-order chi connectivity index (χ1) is 11.7. The topological polar surface area (TPSA) is 97.5 Å². The molecule has 2 aromatic heterocycles. The Morgan fingerprint density at radius 1 is 1.46 bits per heavy atom. The monoisotopic (exact) mass is 331 g/mol. The Labute approximate surface area is 140 Å². The van der Waals surface area contributed by atoms with Gasteiger partial charge in [-0.05, 0) is 31.9 Å². The molecule has 24 heavy (non-hydrogen) atoms. The maximum absolute atomic E-state index is 11.7. The Kier molecular flexibility index (Phi) is 5.10. The summed E-state index contributed by atoms with van der Waals surface area (Å²) < 4.78 is 10.3. The largest absolute Gasteiger partial charge is 0.461 e. The summed E-state index contributed by atoms with van der Waals surface area (Å²) in [6.45, 7) is 2.02. The molecule has 0 spiro atoms. The molecule has 7 nitrogen and oxygen atoms in total. The highest BCUT2D eigenvalue weighted by atomic mass is 16.5. The second-order valence-corrected chi connectivity index (χ2v) is 5.79. The molecule has 2 N–H and O–H groups in total. The number of hydrogen-bond donors (Lipinski definition) is 2. The number of nitrogens with one attached hydrogen (secondary N) is 1. The third-order valence-corrected chi connectivity index (χ3v) is 4.06. The predicted octanol–water partition coefficient (Wildman–Crippen LogP) is 2.63. The average Bonchev–Trinajstić information content (AvgIpc) is 3.08. The van der Waals surface area contributed by atoms with Crippen molar-refractivity contribution in [3.8, 4) is 11.5 Å². The zero-order valence-corrected chi connectivity index (χ0v) is 13.6. The molecule has 0 amide bonds. The lowest BCUT2D eigenvalue weighted by Crippen LogP contribution is -2.36. The summed E-state index contributed by atoms with van der Waals surface area (Å²) in [5, 5.41) is 13.3. The smallest absolute Gasteiger partial charge is 0.360 e. The van der Waals surface area contributed by atoms with E-state index in [1.165, 1.54) is 6.26 Å². The summed E-state index contributed by atoms with van der Waals surface area (Å²) in [7, 11) is 0. The van der Waals surface area contributed by atoms with E-state index in [-0.39, 0.29) is 24.4 Å². The van der Waals surface area contributed by atoms with Gasteiger partial charge in [-0.2, -0.15) is 0 Å². The number of aromatic nitrogens is 2. The van der Waals surface area contributed by atoms with Crippen molar-refractivity contribution in [3.05, 3.63) is 30.3 Å². The highest BCUT2D eigenvalue weighted by molar-refractivity contribution is 5.87. The van der Waals surface area contributed by atoms with E-state index in [0.29, 0.717) is 17.3 Å². The minimum absolute atomic E-state index is 0.00107. The molecule has 0 unspecified atom stereocenters. The first kappa shape index (κ1) is 16.4. The van der Waals surface area contributed by atoms with Crippen molar-refractivity contribution in [2.45, 2.75) is 44.8 Å². The van der Waals surface area contributed by atoms with Crippen LogP contribution in [0.1, 0.15) is 43.1 Å². The van der Waals surface area contributed by atoms with Gasteiger partial charge in [-0.1, -0.05) is 12.8 Å². The van der Waals surface area contributed by atoms with E-state index in [9.17, 15) is 9.90 Å². The summed E-state index contributed by atoms with van der Waals surface area (Å²) in [6.07, 6.45) is 6.43. The predicted molar refractivity (Wildman–Crippen MR) is 87.6 cm³/mol. The van der Waals surface area contributed by atoms with Crippen LogP contribution < -0.4 is 5.32 Å². The van der Waals surface area contributed by atoms with Crippen molar-refractivity contribution in [1.29, 1.82) is 0 Å². The van der Waals surface area contributed by atoms with Gasteiger partial charge in [0.05, 0.1) is 18.8 Å². The first-order valence-corrected chi connectivity index (χ1v) is 8.21. The van der Waals surface area contributed by atoms with E-state index < -0.39 is 5.97 Å². The van der Waals surface area contributed by atoms with Crippen molar-refractivity contribution in [2.24, 2.45) is 0 Å². The Morgan fingerprint density at radius 3 is 3.08 bits per heavy atom. The van der Waals surface area contributed by atoms with Gasteiger partial charge in [0.2, 0.25) is 5.89 Å². The number of aliphatic hydroxyl groups is 1. The number of esters is 1. The van der Waals surface area contributed by atoms with Crippen LogP contribution in [0.2, 0.25) is 0 Å². The number of carbonyl (C=O) groups excluding carboxylic acids is 1. The second kappa shape index (κ2) is 7.44. The lowest BCUT2D eigenvalue weighted by molar-refractivity contribution is 0.0519. The number of hydrogen-bond acceptors (Lipinski definition) is 7. The molecule has 2 heterocycles. The molecule has 0 aliphatic heterocycles. The SMILES string of the molecule is CCOC(=O)c1coc(-c2ccnc(N[C@@H]3CCCC[C@@H]3O)c2)n1. The van der Waals surface area contributed by atoms with E-state index in [1.807, 2.05) is 0 Å². The van der Waals surface area contributed by atoms with Crippen LogP contribution in [0.4, 0.5) is 5.82 Å². The lowest BCUT2D eigenvalue weighted by Gasteiger charge is -2.28. The highest BCUT2D eigenvalue weighted by Crippen LogP contribution is 2.24. The Bertz CT molecular complexity index is 701. The van der Waals surface area contributed by atoms with Crippen LogP contribution >= 0.6 is 0 Å². The Balaban J connectivity index is 1.74. The van der Waals surface area contributed by atoms with Gasteiger partial charge in [0.15, 0.2) is 5.69 Å².